The predicted octanol–water partition coefficient (Wildman–Crippen LogP) is 11.4. The standard InChI is InChI=1S/C21H36O3.C17H28O2.C14H20O4/c1-7-18(3,4)17(22)23-20-10-15-9-16(11-20)13-21(12-15,14-20)24-19(5,6)8-2;1-5-16(2,3)15(18)19-17(4)13-7-11-6-12(9-13)10-14(17)8-11;1-4-14(2,3)13(16)18-10-7-5-8-9(6-7)12(15)17-11(8)10/h15-16H,7-14H2,1-6H3;11-14H,5-10H2,1-4H3;7-11H,4-6H2,1-3H3. The Morgan fingerprint density at radius 3 is 1.59 bits per heavy atom. The molecular weight excluding hydrogens is 769 g/mol. The third-order valence-corrected chi connectivity index (χ3v) is 18.6. The minimum absolute atomic E-state index is 0.0168. The monoisotopic (exact) mass is 853 g/mol. The number of fused-ring (bicyclic) bond motifs is 1. The van der Waals surface area contributed by atoms with E-state index in [1.165, 1.54) is 38.5 Å². The summed E-state index contributed by atoms with van der Waals surface area (Å²) >= 11 is 0. The highest BCUT2D eigenvalue weighted by atomic mass is 16.6. The quantitative estimate of drug-likeness (QED) is 0.140. The third-order valence-electron chi connectivity index (χ3n) is 18.6. The Balaban J connectivity index is 0.000000140. The molecule has 7 atom stereocenters. The highest BCUT2D eigenvalue weighted by Crippen LogP contribution is 2.62. The van der Waals surface area contributed by atoms with E-state index >= 15 is 0 Å². The lowest BCUT2D eigenvalue weighted by molar-refractivity contribution is -0.263. The van der Waals surface area contributed by atoms with Gasteiger partial charge in [0.15, 0.2) is 0 Å². The average Bonchev–Trinajstić information content (AvgIpc) is 3.82. The zero-order valence-corrected chi connectivity index (χ0v) is 40.5. The van der Waals surface area contributed by atoms with Crippen molar-refractivity contribution in [2.45, 2.75) is 234 Å². The molecular formula is C52H84O9. The van der Waals surface area contributed by atoms with E-state index in [1.54, 1.807) is 0 Å². The summed E-state index contributed by atoms with van der Waals surface area (Å²) in [5, 5.41) is 0. The summed E-state index contributed by atoms with van der Waals surface area (Å²) < 4.78 is 30.2. The maximum atomic E-state index is 12.8. The van der Waals surface area contributed by atoms with Crippen molar-refractivity contribution in [3.05, 3.63) is 0 Å². The van der Waals surface area contributed by atoms with Crippen molar-refractivity contribution in [1.29, 1.82) is 0 Å². The second kappa shape index (κ2) is 16.4. The molecule has 0 aromatic rings. The minimum atomic E-state index is -0.455. The molecule has 10 saturated carbocycles. The molecule has 0 amide bonds. The molecule has 346 valence electrons. The first-order valence-corrected chi connectivity index (χ1v) is 24.9. The predicted molar refractivity (Wildman–Crippen MR) is 235 cm³/mol. The lowest BCUT2D eigenvalue weighted by atomic mass is 9.50. The van der Waals surface area contributed by atoms with Crippen LogP contribution in [0, 0.1) is 69.5 Å². The van der Waals surface area contributed by atoms with Crippen molar-refractivity contribution < 1.29 is 42.9 Å². The maximum Gasteiger partial charge on any atom is 0.312 e. The molecule has 11 aliphatic rings. The molecule has 0 spiro atoms. The zero-order chi connectivity index (χ0) is 44.7. The zero-order valence-electron chi connectivity index (χ0n) is 40.5. The molecule has 0 aromatic carbocycles. The SMILES string of the molecule is CCC(C)(C)C(=O)OC1(C)C2CC3CC(C2)CC1C3.CCC(C)(C)C(=O)OC1C2CC3C(=O)OC1C3C2.CCC(C)(C)OC12CC3CC(CC(OC(=O)C(C)(C)CC)(C3)C1)C2. The molecule has 9 nitrogen and oxygen atoms in total. The van der Waals surface area contributed by atoms with Crippen LogP contribution in [0.15, 0.2) is 0 Å². The number of ether oxygens (including phenoxy) is 5. The second-order valence-corrected chi connectivity index (χ2v) is 24.8. The van der Waals surface area contributed by atoms with Gasteiger partial charge in [-0.3, -0.25) is 19.2 Å². The van der Waals surface area contributed by atoms with Crippen LogP contribution < -0.4 is 0 Å². The summed E-state index contributed by atoms with van der Waals surface area (Å²) in [7, 11) is 0. The fourth-order valence-corrected chi connectivity index (χ4v) is 13.7. The highest BCUT2D eigenvalue weighted by Gasteiger charge is 2.64. The first-order chi connectivity index (χ1) is 28.3. The number of esters is 4. The van der Waals surface area contributed by atoms with Gasteiger partial charge in [0.05, 0.1) is 33.4 Å². The van der Waals surface area contributed by atoms with Crippen LogP contribution in [0.2, 0.25) is 0 Å². The molecule has 1 saturated heterocycles. The normalized spacial score (nSPS) is 41.1. The van der Waals surface area contributed by atoms with Crippen LogP contribution in [0.25, 0.3) is 0 Å². The van der Waals surface area contributed by atoms with Gasteiger partial charge >= 0.3 is 23.9 Å². The summed E-state index contributed by atoms with van der Waals surface area (Å²) in [6, 6.07) is 0. The van der Waals surface area contributed by atoms with Gasteiger partial charge in [0, 0.05) is 18.3 Å². The van der Waals surface area contributed by atoms with Gasteiger partial charge in [-0.2, -0.15) is 0 Å². The summed E-state index contributed by atoms with van der Waals surface area (Å²) in [5.41, 5.74) is -1.78. The van der Waals surface area contributed by atoms with Gasteiger partial charge in [-0.05, 0) is 201 Å². The van der Waals surface area contributed by atoms with Gasteiger partial charge in [0.25, 0.3) is 0 Å². The van der Waals surface area contributed by atoms with E-state index in [4.69, 9.17) is 23.7 Å². The van der Waals surface area contributed by atoms with E-state index < -0.39 is 5.41 Å². The number of hydrogen-bond donors (Lipinski definition) is 0. The maximum absolute atomic E-state index is 12.8. The summed E-state index contributed by atoms with van der Waals surface area (Å²) in [6.07, 6.45) is 18.1. The Morgan fingerprint density at radius 1 is 0.607 bits per heavy atom. The van der Waals surface area contributed by atoms with Crippen LogP contribution in [0.1, 0.15) is 199 Å². The van der Waals surface area contributed by atoms with E-state index in [2.05, 4.69) is 41.5 Å². The highest BCUT2D eigenvalue weighted by molar-refractivity contribution is 5.79. The van der Waals surface area contributed by atoms with Gasteiger partial charge in [-0.15, -0.1) is 0 Å². The van der Waals surface area contributed by atoms with Gasteiger partial charge in [0.2, 0.25) is 0 Å². The van der Waals surface area contributed by atoms with Gasteiger partial charge < -0.3 is 23.7 Å². The number of rotatable bonds is 12. The molecule has 1 heterocycles. The van der Waals surface area contributed by atoms with Crippen LogP contribution in [0.5, 0.6) is 0 Å². The molecule has 9 heteroatoms. The molecule has 7 unspecified atom stereocenters. The van der Waals surface area contributed by atoms with Crippen molar-refractivity contribution in [2.75, 3.05) is 0 Å². The molecule has 0 aromatic heterocycles. The average molecular weight is 853 g/mol. The van der Waals surface area contributed by atoms with E-state index in [1.807, 2.05) is 48.5 Å². The molecule has 1 aliphatic heterocycles. The first-order valence-electron chi connectivity index (χ1n) is 24.9. The van der Waals surface area contributed by atoms with Crippen LogP contribution in [-0.4, -0.2) is 58.5 Å². The summed E-state index contributed by atoms with van der Waals surface area (Å²) in [4.78, 5) is 49.0. The smallest absolute Gasteiger partial charge is 0.312 e. The summed E-state index contributed by atoms with van der Waals surface area (Å²) in [6.45, 7) is 26.7. The fourth-order valence-electron chi connectivity index (χ4n) is 13.7. The van der Waals surface area contributed by atoms with E-state index in [-0.39, 0.29) is 75.2 Å². The van der Waals surface area contributed by atoms with Crippen LogP contribution >= 0.6 is 0 Å². The summed E-state index contributed by atoms with van der Waals surface area (Å²) in [5.74, 6) is 4.88. The van der Waals surface area contributed by atoms with E-state index in [0.717, 1.165) is 82.5 Å². The Labute approximate surface area is 369 Å². The molecule has 10 aliphatic carbocycles. The van der Waals surface area contributed by atoms with Crippen molar-refractivity contribution >= 4 is 23.9 Å². The molecule has 0 N–H and O–H groups in total. The lowest BCUT2D eigenvalue weighted by Gasteiger charge is -2.62. The van der Waals surface area contributed by atoms with E-state index in [0.29, 0.717) is 35.5 Å². The Hall–Kier alpha value is -2.16. The van der Waals surface area contributed by atoms with Crippen LogP contribution in [0.3, 0.4) is 0 Å². The van der Waals surface area contributed by atoms with Crippen molar-refractivity contribution in [2.24, 2.45) is 69.5 Å². The van der Waals surface area contributed by atoms with Crippen LogP contribution in [-0.2, 0) is 42.9 Å². The number of hydrogen-bond acceptors (Lipinski definition) is 9. The second-order valence-electron chi connectivity index (χ2n) is 24.8. The Kier molecular flexibility index (Phi) is 12.6. The topological polar surface area (TPSA) is 114 Å². The molecule has 11 fully saturated rings. The van der Waals surface area contributed by atoms with Gasteiger partial charge in [0.1, 0.15) is 23.4 Å². The lowest BCUT2D eigenvalue weighted by Crippen LogP contribution is -2.63. The first kappa shape index (κ1) is 46.8. The van der Waals surface area contributed by atoms with Crippen LogP contribution in [0.4, 0.5) is 0 Å². The third kappa shape index (κ3) is 8.96. The van der Waals surface area contributed by atoms with E-state index in [9.17, 15) is 19.2 Å². The number of carbonyl (C=O) groups excluding carboxylic acids is 4. The molecule has 11 rings (SSSR count). The minimum Gasteiger partial charge on any atom is -0.459 e. The Morgan fingerprint density at radius 2 is 1.08 bits per heavy atom. The van der Waals surface area contributed by atoms with Crippen molar-refractivity contribution in [1.82, 2.24) is 0 Å². The molecule has 0 radical (unpaired) electrons. The van der Waals surface area contributed by atoms with Crippen molar-refractivity contribution in [3.63, 3.8) is 0 Å². The van der Waals surface area contributed by atoms with Gasteiger partial charge in [-0.1, -0.05) is 27.7 Å². The number of carbonyl (C=O) groups is 4. The van der Waals surface area contributed by atoms with Crippen molar-refractivity contribution in [3.8, 4) is 0 Å². The molecule has 61 heavy (non-hydrogen) atoms. The largest absolute Gasteiger partial charge is 0.459 e. The molecule has 10 bridgehead atoms. The Bertz CT molecular complexity index is 1630. The fraction of sp³-hybridized carbons (Fsp3) is 0.923. The van der Waals surface area contributed by atoms with Gasteiger partial charge in [-0.25, -0.2) is 0 Å².